The molecule has 0 saturated heterocycles. The van der Waals surface area contributed by atoms with Crippen molar-refractivity contribution in [2.75, 3.05) is 0 Å². The van der Waals surface area contributed by atoms with E-state index in [0.717, 1.165) is 5.56 Å². The average molecular weight is 222 g/mol. The van der Waals surface area contributed by atoms with Gasteiger partial charge in [-0.3, -0.25) is 0 Å². The molecule has 0 bridgehead atoms. The Morgan fingerprint density at radius 3 is 2.47 bits per heavy atom. The summed E-state index contributed by atoms with van der Waals surface area (Å²) in [6.45, 7) is 0. The summed E-state index contributed by atoms with van der Waals surface area (Å²) in [5, 5.41) is 0. The number of hydrogen-bond acceptors (Lipinski definition) is 0. The van der Waals surface area contributed by atoms with Crippen LogP contribution in [-0.4, -0.2) is 21.0 Å². The summed E-state index contributed by atoms with van der Waals surface area (Å²) in [7, 11) is 0. The molecular weight excluding hydrogens is 212 g/mol. The van der Waals surface area contributed by atoms with E-state index in [-0.39, 0.29) is 5.92 Å². The highest BCUT2D eigenvalue weighted by molar-refractivity contribution is 6.16. The first kappa shape index (κ1) is 11.0. The molecule has 0 saturated carbocycles. The van der Waals surface area contributed by atoms with Crippen LogP contribution in [0.5, 0.6) is 0 Å². The van der Waals surface area contributed by atoms with E-state index in [1.807, 2.05) is 42.5 Å². The molecule has 0 radical (unpaired) electrons. The monoisotopic (exact) mass is 222 g/mol. The first-order valence-electron chi connectivity index (χ1n) is 5.21. The van der Waals surface area contributed by atoms with Gasteiger partial charge in [-0.05, 0) is 12.1 Å². The maximum atomic E-state index is 9.14. The molecule has 0 aromatic heterocycles. The molecule has 17 heavy (non-hydrogen) atoms. The molecule has 0 aliphatic heterocycles. The molecule has 82 valence electrons. The van der Waals surface area contributed by atoms with Crippen molar-refractivity contribution < 1.29 is 9.58 Å². The summed E-state index contributed by atoms with van der Waals surface area (Å²) >= 11 is 0. The topological polar surface area (TPSA) is 72.8 Å². The second-order valence-electron chi connectivity index (χ2n) is 3.60. The van der Waals surface area contributed by atoms with Gasteiger partial charge < -0.3 is 11.1 Å². The maximum Gasteiger partial charge on any atom is 0.317 e. The molecule has 1 atom stereocenters. The fraction of sp³-hybridized carbons (Fsp3) is 0.0769. The number of hydrogen-bond donors (Lipinski definition) is 0. The Balaban J connectivity index is 2.46. The maximum absolute atomic E-state index is 9.14. The Bertz CT molecular complexity index is 571. The first-order valence-corrected chi connectivity index (χ1v) is 5.21. The molecule has 4 nitrogen and oxygen atoms in total. The molecule has 1 unspecified atom stereocenters. The van der Waals surface area contributed by atoms with Gasteiger partial charge in [0.1, 0.15) is 0 Å². The highest BCUT2D eigenvalue weighted by Crippen LogP contribution is 2.14. The standard InChI is InChI=1S/C13H10N4/c14-16-12-9-5-4-8-11(12)13(17-15)10-6-2-1-3-7-10/h1-9,11H. The fourth-order valence-corrected chi connectivity index (χ4v) is 1.77. The van der Waals surface area contributed by atoms with E-state index in [1.165, 1.54) is 0 Å². The van der Waals surface area contributed by atoms with Crippen LogP contribution in [0.15, 0.2) is 54.6 Å². The largest absolute Gasteiger partial charge is 0.361 e. The third-order valence-electron chi connectivity index (χ3n) is 2.59. The van der Waals surface area contributed by atoms with Gasteiger partial charge in [0, 0.05) is 6.08 Å². The zero-order chi connectivity index (χ0) is 12.1. The van der Waals surface area contributed by atoms with Crippen molar-refractivity contribution in [2.24, 2.45) is 5.92 Å². The first-order chi connectivity index (χ1) is 8.36. The minimum atomic E-state index is -0.336. The van der Waals surface area contributed by atoms with Gasteiger partial charge in [0.05, 0.1) is 5.56 Å². The molecule has 1 aromatic rings. The van der Waals surface area contributed by atoms with Crippen LogP contribution >= 0.6 is 0 Å². The number of rotatable bonds is 2. The van der Waals surface area contributed by atoms with Gasteiger partial charge in [0.2, 0.25) is 0 Å². The minimum absolute atomic E-state index is 0.336. The second kappa shape index (κ2) is 4.99. The molecule has 1 aliphatic rings. The van der Waals surface area contributed by atoms with Crippen LogP contribution in [0, 0.1) is 5.92 Å². The van der Waals surface area contributed by atoms with E-state index in [1.54, 1.807) is 12.2 Å². The predicted octanol–water partition coefficient (Wildman–Crippen LogP) is 2.12. The quantitative estimate of drug-likeness (QED) is 0.417. The zero-order valence-corrected chi connectivity index (χ0v) is 9.06. The number of nitrogens with zero attached hydrogens (tertiary/aromatic N) is 4. The van der Waals surface area contributed by atoms with Gasteiger partial charge in [0.25, 0.3) is 0 Å². The normalized spacial score (nSPS) is 17.4. The fourth-order valence-electron chi connectivity index (χ4n) is 1.77. The number of allylic oxidation sites excluding steroid dienone is 4. The molecule has 0 spiro atoms. The Kier molecular flexibility index (Phi) is 3.22. The summed E-state index contributed by atoms with van der Waals surface area (Å²) in [4.78, 5) is 6.53. The van der Waals surface area contributed by atoms with Gasteiger partial charge in [0.15, 0.2) is 5.92 Å². The second-order valence-corrected chi connectivity index (χ2v) is 3.60. The van der Waals surface area contributed by atoms with E-state index in [4.69, 9.17) is 11.1 Å². The van der Waals surface area contributed by atoms with Crippen molar-refractivity contribution in [2.45, 2.75) is 0 Å². The van der Waals surface area contributed by atoms with Gasteiger partial charge in [-0.25, -0.2) is 0 Å². The van der Waals surface area contributed by atoms with E-state index in [2.05, 4.69) is 9.58 Å². The summed E-state index contributed by atoms with van der Waals surface area (Å²) in [5.74, 6) is -0.336. The highest BCUT2D eigenvalue weighted by atomic mass is 14.9. The Labute approximate surface area is 98.8 Å². The molecule has 4 heteroatoms. The van der Waals surface area contributed by atoms with Gasteiger partial charge >= 0.3 is 11.4 Å². The van der Waals surface area contributed by atoms with E-state index >= 15 is 0 Å². The molecule has 2 rings (SSSR count). The SMILES string of the molecule is [N-]=[N+]=C1C=CC=CC1C(=[N+]=[N-])c1ccccc1. The number of benzene rings is 1. The Hall–Kier alpha value is -2.54. The van der Waals surface area contributed by atoms with Crippen molar-refractivity contribution in [3.8, 4) is 0 Å². The van der Waals surface area contributed by atoms with Crippen molar-refractivity contribution >= 4 is 11.4 Å². The van der Waals surface area contributed by atoms with Crippen LogP contribution < -0.4 is 0 Å². The van der Waals surface area contributed by atoms with Crippen LogP contribution in [0.3, 0.4) is 0 Å². The van der Waals surface area contributed by atoms with Gasteiger partial charge in [-0.15, -0.1) is 0 Å². The van der Waals surface area contributed by atoms with Crippen LogP contribution in [0.2, 0.25) is 0 Å². The lowest BCUT2D eigenvalue weighted by Gasteiger charge is -2.04. The van der Waals surface area contributed by atoms with Gasteiger partial charge in [-0.2, -0.15) is 9.58 Å². The van der Waals surface area contributed by atoms with Crippen molar-refractivity contribution in [1.82, 2.24) is 0 Å². The van der Waals surface area contributed by atoms with E-state index in [9.17, 15) is 0 Å². The van der Waals surface area contributed by atoms with Crippen molar-refractivity contribution in [3.05, 3.63) is 71.3 Å². The molecular formula is C13H10N4. The van der Waals surface area contributed by atoms with Crippen LogP contribution in [0.1, 0.15) is 5.56 Å². The average Bonchev–Trinajstić information content (AvgIpc) is 2.41. The molecule has 1 aliphatic carbocycles. The third-order valence-corrected chi connectivity index (χ3v) is 2.59. The molecule has 0 N–H and O–H groups in total. The zero-order valence-electron chi connectivity index (χ0n) is 9.06. The van der Waals surface area contributed by atoms with Crippen molar-refractivity contribution in [1.29, 1.82) is 0 Å². The molecule has 1 aromatic carbocycles. The smallest absolute Gasteiger partial charge is 0.317 e. The van der Waals surface area contributed by atoms with Crippen LogP contribution in [0.25, 0.3) is 11.1 Å². The van der Waals surface area contributed by atoms with E-state index in [0.29, 0.717) is 11.4 Å². The molecule has 0 amide bonds. The molecule has 0 heterocycles. The summed E-state index contributed by atoms with van der Waals surface area (Å²) < 4.78 is 0. The summed E-state index contributed by atoms with van der Waals surface area (Å²) in [6.07, 6.45) is 7.09. The lowest BCUT2D eigenvalue weighted by Crippen LogP contribution is -2.24. The predicted molar refractivity (Wildman–Crippen MR) is 64.6 cm³/mol. The Morgan fingerprint density at radius 1 is 1.06 bits per heavy atom. The highest BCUT2D eigenvalue weighted by Gasteiger charge is 2.33. The third kappa shape index (κ3) is 2.18. The Morgan fingerprint density at radius 2 is 1.82 bits per heavy atom. The lowest BCUT2D eigenvalue weighted by molar-refractivity contribution is -0.0189. The summed E-state index contributed by atoms with van der Waals surface area (Å²) in [6, 6.07) is 9.29. The van der Waals surface area contributed by atoms with Crippen LogP contribution in [0.4, 0.5) is 0 Å². The van der Waals surface area contributed by atoms with Gasteiger partial charge in [-0.1, -0.05) is 36.4 Å². The minimum Gasteiger partial charge on any atom is -0.361 e. The molecule has 0 fully saturated rings. The van der Waals surface area contributed by atoms with Crippen LogP contribution in [-0.2, 0) is 0 Å². The van der Waals surface area contributed by atoms with E-state index < -0.39 is 0 Å². The van der Waals surface area contributed by atoms with Crippen molar-refractivity contribution in [3.63, 3.8) is 0 Å². The summed E-state index contributed by atoms with van der Waals surface area (Å²) in [5.41, 5.74) is 19.8. The lowest BCUT2D eigenvalue weighted by atomic mass is 9.89.